The van der Waals surface area contributed by atoms with E-state index in [9.17, 15) is 0 Å². The first kappa shape index (κ1) is 13.6. The maximum atomic E-state index is 5.99. The van der Waals surface area contributed by atoms with Crippen LogP contribution in [0.25, 0.3) is 10.9 Å². The van der Waals surface area contributed by atoms with Crippen LogP contribution in [-0.4, -0.2) is 40.6 Å². The second-order valence-corrected chi connectivity index (χ2v) is 6.06. The summed E-state index contributed by atoms with van der Waals surface area (Å²) in [5.74, 6) is 1.45. The molecule has 106 valence electrons. The average molecular weight is 292 g/mol. The predicted molar refractivity (Wildman–Crippen MR) is 81.4 cm³/mol. The molecule has 1 aliphatic heterocycles. The number of anilines is 1. The Hall–Kier alpha value is -1.39. The molecule has 3 rings (SSSR count). The number of benzene rings is 1. The van der Waals surface area contributed by atoms with Gasteiger partial charge in [-0.15, -0.1) is 11.6 Å². The van der Waals surface area contributed by atoms with Gasteiger partial charge in [0.25, 0.3) is 0 Å². The van der Waals surface area contributed by atoms with Crippen molar-refractivity contribution in [1.82, 2.24) is 9.97 Å². The third kappa shape index (κ3) is 2.58. The molecular formula is C15H18ClN3O. The lowest BCUT2D eigenvalue weighted by atomic mass is 10.0. The van der Waals surface area contributed by atoms with Crippen LogP contribution in [0.4, 0.5) is 5.82 Å². The summed E-state index contributed by atoms with van der Waals surface area (Å²) in [6.45, 7) is 5.72. The highest BCUT2D eigenvalue weighted by atomic mass is 35.5. The maximum absolute atomic E-state index is 5.99. The number of fused-ring (bicyclic) bond motifs is 1. The fraction of sp³-hybridized carbons (Fsp3) is 0.467. The molecule has 1 fully saturated rings. The van der Waals surface area contributed by atoms with Crippen molar-refractivity contribution < 1.29 is 4.74 Å². The number of alkyl halides is 1. The molecule has 0 spiro atoms. The van der Waals surface area contributed by atoms with Crippen LogP contribution in [0.3, 0.4) is 0 Å². The van der Waals surface area contributed by atoms with Crippen molar-refractivity contribution in [2.24, 2.45) is 0 Å². The zero-order valence-corrected chi connectivity index (χ0v) is 12.5. The Labute approximate surface area is 123 Å². The Bertz CT molecular complexity index is 612. The molecule has 1 saturated heterocycles. The maximum Gasteiger partial charge on any atom is 0.140 e. The fourth-order valence-corrected chi connectivity index (χ4v) is 2.94. The van der Waals surface area contributed by atoms with Gasteiger partial charge in [-0.1, -0.05) is 12.1 Å². The monoisotopic (exact) mass is 291 g/mol. The zero-order chi connectivity index (χ0) is 14.2. The summed E-state index contributed by atoms with van der Waals surface area (Å²) < 4.78 is 5.97. The molecule has 0 saturated carbocycles. The van der Waals surface area contributed by atoms with Crippen LogP contribution in [0.1, 0.15) is 13.8 Å². The molecule has 2 heterocycles. The fourth-order valence-electron chi connectivity index (χ4n) is 2.78. The van der Waals surface area contributed by atoms with Crippen LogP contribution in [-0.2, 0) is 4.74 Å². The van der Waals surface area contributed by atoms with E-state index < -0.39 is 0 Å². The standard InChI is InChI=1S/C15H18ClN3O/c1-15(2)9-19(8-11(7-16)20-15)14-12-5-3-4-6-13(12)17-10-18-14/h3-6,10-11H,7-9H2,1-2H3. The van der Waals surface area contributed by atoms with Gasteiger partial charge in [-0.25, -0.2) is 9.97 Å². The first-order valence-corrected chi connectivity index (χ1v) is 7.31. The number of hydrogen-bond donors (Lipinski definition) is 0. The Morgan fingerprint density at radius 3 is 2.95 bits per heavy atom. The molecule has 1 unspecified atom stereocenters. The number of nitrogens with zero attached hydrogens (tertiary/aromatic N) is 3. The Morgan fingerprint density at radius 1 is 1.35 bits per heavy atom. The van der Waals surface area contributed by atoms with Crippen LogP contribution in [0.15, 0.2) is 30.6 Å². The quantitative estimate of drug-likeness (QED) is 0.798. The van der Waals surface area contributed by atoms with Gasteiger partial charge in [0.05, 0.1) is 23.1 Å². The summed E-state index contributed by atoms with van der Waals surface area (Å²) in [5.41, 5.74) is 0.730. The second kappa shape index (κ2) is 5.19. The van der Waals surface area contributed by atoms with Crippen molar-refractivity contribution in [1.29, 1.82) is 0 Å². The number of halogens is 1. The Balaban J connectivity index is 2.01. The van der Waals surface area contributed by atoms with Crippen LogP contribution in [0.2, 0.25) is 0 Å². The lowest BCUT2D eigenvalue weighted by Crippen LogP contribution is -2.53. The van der Waals surface area contributed by atoms with Crippen molar-refractivity contribution in [2.45, 2.75) is 25.6 Å². The van der Waals surface area contributed by atoms with Gasteiger partial charge in [-0.05, 0) is 26.0 Å². The van der Waals surface area contributed by atoms with Gasteiger partial charge in [0, 0.05) is 18.5 Å². The highest BCUT2D eigenvalue weighted by Crippen LogP contribution is 2.29. The first-order valence-electron chi connectivity index (χ1n) is 6.77. The highest BCUT2D eigenvalue weighted by molar-refractivity contribution is 6.18. The molecule has 1 aliphatic rings. The van der Waals surface area contributed by atoms with E-state index in [0.717, 1.165) is 29.8 Å². The van der Waals surface area contributed by atoms with E-state index in [4.69, 9.17) is 16.3 Å². The van der Waals surface area contributed by atoms with Crippen molar-refractivity contribution >= 4 is 28.3 Å². The predicted octanol–water partition coefficient (Wildman–Crippen LogP) is 2.85. The molecule has 0 N–H and O–H groups in total. The molecule has 4 nitrogen and oxygen atoms in total. The summed E-state index contributed by atoms with van der Waals surface area (Å²) in [6, 6.07) is 8.07. The molecule has 0 aliphatic carbocycles. The molecule has 2 aromatic rings. The SMILES string of the molecule is CC1(C)CN(c2ncnc3ccccc23)CC(CCl)O1. The molecule has 1 aromatic heterocycles. The van der Waals surface area contributed by atoms with E-state index in [0.29, 0.717) is 5.88 Å². The van der Waals surface area contributed by atoms with E-state index in [-0.39, 0.29) is 11.7 Å². The first-order chi connectivity index (χ1) is 9.59. The number of para-hydroxylation sites is 1. The third-order valence-corrected chi connectivity index (χ3v) is 3.82. The summed E-state index contributed by atoms with van der Waals surface area (Å²) in [6.07, 6.45) is 1.64. The van der Waals surface area contributed by atoms with E-state index in [1.807, 2.05) is 18.2 Å². The van der Waals surface area contributed by atoms with Gasteiger partial charge in [0.15, 0.2) is 0 Å². The van der Waals surface area contributed by atoms with E-state index in [1.54, 1.807) is 6.33 Å². The van der Waals surface area contributed by atoms with E-state index in [2.05, 4.69) is 34.8 Å². The molecule has 1 aromatic carbocycles. The molecule has 0 radical (unpaired) electrons. The van der Waals surface area contributed by atoms with Crippen molar-refractivity contribution in [3.63, 3.8) is 0 Å². The minimum atomic E-state index is -0.232. The van der Waals surface area contributed by atoms with Crippen molar-refractivity contribution in [3.8, 4) is 0 Å². The van der Waals surface area contributed by atoms with Crippen molar-refractivity contribution in [2.75, 3.05) is 23.9 Å². The summed E-state index contributed by atoms with van der Waals surface area (Å²) >= 11 is 5.99. The summed E-state index contributed by atoms with van der Waals surface area (Å²) in [7, 11) is 0. The zero-order valence-electron chi connectivity index (χ0n) is 11.7. The number of ether oxygens (including phenoxy) is 1. The van der Waals surface area contributed by atoms with Gasteiger partial charge in [0.2, 0.25) is 0 Å². The smallest absolute Gasteiger partial charge is 0.140 e. The van der Waals surface area contributed by atoms with Gasteiger partial charge in [-0.3, -0.25) is 0 Å². The summed E-state index contributed by atoms with van der Waals surface area (Å²) in [4.78, 5) is 11.0. The lowest BCUT2D eigenvalue weighted by molar-refractivity contribution is -0.0735. The molecular weight excluding hydrogens is 274 g/mol. The number of hydrogen-bond acceptors (Lipinski definition) is 4. The van der Waals surface area contributed by atoms with Crippen LogP contribution < -0.4 is 4.90 Å². The Morgan fingerprint density at radius 2 is 2.15 bits per heavy atom. The van der Waals surface area contributed by atoms with E-state index in [1.165, 1.54) is 0 Å². The topological polar surface area (TPSA) is 38.2 Å². The third-order valence-electron chi connectivity index (χ3n) is 3.47. The van der Waals surface area contributed by atoms with Crippen LogP contribution >= 0.6 is 11.6 Å². The number of aromatic nitrogens is 2. The molecule has 0 bridgehead atoms. The van der Waals surface area contributed by atoms with Gasteiger partial charge < -0.3 is 9.64 Å². The molecule has 5 heteroatoms. The van der Waals surface area contributed by atoms with Crippen LogP contribution in [0.5, 0.6) is 0 Å². The molecule has 0 amide bonds. The second-order valence-electron chi connectivity index (χ2n) is 5.75. The Kier molecular flexibility index (Phi) is 3.52. The lowest BCUT2D eigenvalue weighted by Gasteiger charge is -2.43. The van der Waals surface area contributed by atoms with Crippen molar-refractivity contribution in [3.05, 3.63) is 30.6 Å². The summed E-state index contributed by atoms with van der Waals surface area (Å²) in [5, 5.41) is 1.07. The van der Waals surface area contributed by atoms with Crippen LogP contribution in [0, 0.1) is 0 Å². The minimum Gasteiger partial charge on any atom is -0.367 e. The largest absolute Gasteiger partial charge is 0.367 e. The van der Waals surface area contributed by atoms with E-state index >= 15 is 0 Å². The average Bonchev–Trinajstić information content (AvgIpc) is 2.45. The van der Waals surface area contributed by atoms with Gasteiger partial charge in [-0.2, -0.15) is 0 Å². The van der Waals surface area contributed by atoms with Gasteiger partial charge >= 0.3 is 0 Å². The minimum absolute atomic E-state index is 0.0224. The van der Waals surface area contributed by atoms with Gasteiger partial charge in [0.1, 0.15) is 12.1 Å². The highest BCUT2D eigenvalue weighted by Gasteiger charge is 2.34. The number of morpholine rings is 1. The molecule has 20 heavy (non-hydrogen) atoms. The molecule has 1 atom stereocenters. The normalized spacial score (nSPS) is 22.1. The number of rotatable bonds is 2.